The van der Waals surface area contributed by atoms with Gasteiger partial charge >= 0.3 is 0 Å². The lowest BCUT2D eigenvalue weighted by Gasteiger charge is -2.08. The highest BCUT2D eigenvalue weighted by Gasteiger charge is 2.09. The van der Waals surface area contributed by atoms with Crippen molar-refractivity contribution in [3.05, 3.63) is 50.6 Å². The number of thioether (sulfide) groups is 1. The van der Waals surface area contributed by atoms with Crippen LogP contribution in [0.5, 0.6) is 0 Å². The molecule has 0 aliphatic rings. The number of hydrogen-bond acceptors (Lipinski definition) is 5. The van der Waals surface area contributed by atoms with E-state index in [0.717, 1.165) is 11.3 Å². The van der Waals surface area contributed by atoms with Gasteiger partial charge in [-0.3, -0.25) is 9.59 Å². The summed E-state index contributed by atoms with van der Waals surface area (Å²) in [5.74, 6) is -0.0172. The Morgan fingerprint density at radius 2 is 2.26 bits per heavy atom. The van der Waals surface area contributed by atoms with E-state index in [2.05, 4.69) is 15.3 Å². The van der Waals surface area contributed by atoms with E-state index in [1.807, 2.05) is 12.3 Å². The van der Waals surface area contributed by atoms with Crippen molar-refractivity contribution in [3.8, 4) is 0 Å². The van der Waals surface area contributed by atoms with E-state index in [-0.39, 0.29) is 17.2 Å². The van der Waals surface area contributed by atoms with Gasteiger partial charge in [-0.15, -0.1) is 11.3 Å². The smallest absolute Gasteiger partial charge is 0.260 e. The molecule has 2 aromatic heterocycles. The van der Waals surface area contributed by atoms with E-state index in [1.54, 1.807) is 24.3 Å². The Kier molecular flexibility index (Phi) is 4.70. The molecule has 1 aromatic carbocycles. The van der Waals surface area contributed by atoms with Gasteiger partial charge in [-0.2, -0.15) is 0 Å². The number of aryl methyl sites for hydroxylation is 1. The van der Waals surface area contributed by atoms with Crippen LogP contribution in [0.1, 0.15) is 5.56 Å². The molecule has 0 bridgehead atoms. The lowest BCUT2D eigenvalue weighted by Crippen LogP contribution is -2.16. The van der Waals surface area contributed by atoms with Crippen LogP contribution in [0.4, 0.5) is 5.69 Å². The Hall–Kier alpha value is -1.83. The molecular weight excluding hydrogens is 354 g/mol. The summed E-state index contributed by atoms with van der Waals surface area (Å²) in [5, 5.41) is 6.27. The number of fused-ring (bicyclic) bond motifs is 1. The molecule has 0 atom stereocenters. The minimum absolute atomic E-state index is 0.155. The van der Waals surface area contributed by atoms with Crippen LogP contribution >= 0.6 is 34.7 Å². The molecule has 0 spiro atoms. The van der Waals surface area contributed by atoms with Crippen LogP contribution in [-0.4, -0.2) is 21.6 Å². The number of carbonyl (C=O) groups excluding carboxylic acids is 1. The molecule has 0 saturated heterocycles. The Morgan fingerprint density at radius 3 is 3.04 bits per heavy atom. The average Bonchev–Trinajstić information content (AvgIpc) is 2.97. The third kappa shape index (κ3) is 3.74. The molecule has 2 heterocycles. The van der Waals surface area contributed by atoms with Gasteiger partial charge in [0, 0.05) is 10.7 Å². The number of amides is 1. The molecule has 0 radical (unpaired) electrons. The minimum atomic E-state index is -0.187. The Balaban J connectivity index is 1.67. The zero-order valence-corrected chi connectivity index (χ0v) is 14.4. The summed E-state index contributed by atoms with van der Waals surface area (Å²) in [6, 6.07) is 7.00. The van der Waals surface area contributed by atoms with Crippen molar-refractivity contribution in [2.45, 2.75) is 12.1 Å². The predicted molar refractivity (Wildman–Crippen MR) is 95.8 cm³/mol. The molecular formula is C15H12ClN3O2S2. The van der Waals surface area contributed by atoms with Gasteiger partial charge in [0.1, 0.15) is 4.83 Å². The summed E-state index contributed by atoms with van der Waals surface area (Å²) in [7, 11) is 0. The summed E-state index contributed by atoms with van der Waals surface area (Å²) in [6.45, 7) is 1.87. The van der Waals surface area contributed by atoms with E-state index in [1.165, 1.54) is 23.1 Å². The Morgan fingerprint density at radius 1 is 1.43 bits per heavy atom. The van der Waals surface area contributed by atoms with Crippen molar-refractivity contribution in [2.24, 2.45) is 0 Å². The SMILES string of the molecule is Cc1cc(Cl)ccc1NC(=O)CSc1nc2sccc2c(=O)[nH]1. The molecule has 5 nitrogen and oxygen atoms in total. The van der Waals surface area contributed by atoms with Crippen molar-refractivity contribution in [1.82, 2.24) is 9.97 Å². The summed E-state index contributed by atoms with van der Waals surface area (Å²) in [4.78, 5) is 31.6. The van der Waals surface area contributed by atoms with Crippen LogP contribution in [-0.2, 0) is 4.79 Å². The number of nitrogens with zero attached hydrogens (tertiary/aromatic N) is 1. The van der Waals surface area contributed by atoms with Crippen molar-refractivity contribution in [2.75, 3.05) is 11.1 Å². The lowest BCUT2D eigenvalue weighted by atomic mass is 10.2. The number of halogens is 1. The second kappa shape index (κ2) is 6.74. The quantitative estimate of drug-likeness (QED) is 0.546. The van der Waals surface area contributed by atoms with Crippen molar-refractivity contribution >= 4 is 56.5 Å². The molecule has 0 fully saturated rings. The second-order valence-electron chi connectivity index (χ2n) is 4.81. The number of H-pyrrole nitrogens is 1. The third-order valence-electron chi connectivity index (χ3n) is 3.12. The van der Waals surface area contributed by atoms with E-state index in [4.69, 9.17) is 11.6 Å². The molecule has 0 aliphatic heterocycles. The van der Waals surface area contributed by atoms with Crippen molar-refractivity contribution in [3.63, 3.8) is 0 Å². The highest BCUT2D eigenvalue weighted by Crippen LogP contribution is 2.21. The van der Waals surface area contributed by atoms with Crippen LogP contribution < -0.4 is 10.9 Å². The topological polar surface area (TPSA) is 74.8 Å². The largest absolute Gasteiger partial charge is 0.325 e. The summed E-state index contributed by atoms with van der Waals surface area (Å²) in [5.41, 5.74) is 1.42. The first kappa shape index (κ1) is 16.0. The van der Waals surface area contributed by atoms with Gasteiger partial charge in [0.25, 0.3) is 5.56 Å². The Bertz CT molecular complexity index is 936. The molecule has 0 saturated carbocycles. The van der Waals surface area contributed by atoms with Gasteiger partial charge in [0.15, 0.2) is 5.16 Å². The number of nitrogens with one attached hydrogen (secondary N) is 2. The van der Waals surface area contributed by atoms with Crippen LogP contribution in [0.2, 0.25) is 5.02 Å². The normalized spacial score (nSPS) is 10.9. The first-order valence-electron chi connectivity index (χ1n) is 6.69. The number of thiophene rings is 1. The number of benzene rings is 1. The van der Waals surface area contributed by atoms with Crippen molar-refractivity contribution in [1.29, 1.82) is 0 Å². The third-order valence-corrected chi connectivity index (χ3v) is 5.03. The van der Waals surface area contributed by atoms with Crippen LogP contribution in [0.15, 0.2) is 39.6 Å². The molecule has 3 rings (SSSR count). The fourth-order valence-electron chi connectivity index (χ4n) is 2.00. The highest BCUT2D eigenvalue weighted by atomic mass is 35.5. The summed E-state index contributed by atoms with van der Waals surface area (Å²) < 4.78 is 0. The summed E-state index contributed by atoms with van der Waals surface area (Å²) in [6.07, 6.45) is 0. The van der Waals surface area contributed by atoms with E-state index in [0.29, 0.717) is 20.4 Å². The maximum absolute atomic E-state index is 12.0. The molecule has 118 valence electrons. The fourth-order valence-corrected chi connectivity index (χ4v) is 3.71. The predicted octanol–water partition coefficient (Wildman–Crippen LogP) is 3.68. The Labute approximate surface area is 145 Å². The monoisotopic (exact) mass is 365 g/mol. The van der Waals surface area contributed by atoms with Gasteiger partial charge in [-0.1, -0.05) is 23.4 Å². The molecule has 8 heteroatoms. The van der Waals surface area contributed by atoms with Crippen LogP contribution in [0.25, 0.3) is 10.2 Å². The number of anilines is 1. The number of aromatic nitrogens is 2. The zero-order chi connectivity index (χ0) is 16.4. The standard InChI is InChI=1S/C15H12ClN3O2S2/c1-8-6-9(16)2-3-11(8)17-12(20)7-23-15-18-13(21)10-4-5-22-14(10)19-15/h2-6H,7H2,1H3,(H,17,20)(H,18,19,21). The lowest BCUT2D eigenvalue weighted by molar-refractivity contribution is -0.113. The average molecular weight is 366 g/mol. The van der Waals surface area contributed by atoms with Crippen LogP contribution in [0, 0.1) is 6.92 Å². The first-order chi connectivity index (χ1) is 11.0. The fraction of sp³-hybridized carbons (Fsp3) is 0.133. The van der Waals surface area contributed by atoms with E-state index >= 15 is 0 Å². The van der Waals surface area contributed by atoms with Gasteiger partial charge in [0.05, 0.1) is 11.1 Å². The second-order valence-corrected chi connectivity index (χ2v) is 7.10. The molecule has 1 amide bonds. The van der Waals surface area contributed by atoms with E-state index < -0.39 is 0 Å². The van der Waals surface area contributed by atoms with Gasteiger partial charge in [-0.05, 0) is 42.1 Å². The first-order valence-corrected chi connectivity index (χ1v) is 8.93. The molecule has 0 unspecified atom stereocenters. The molecule has 2 N–H and O–H groups in total. The minimum Gasteiger partial charge on any atom is -0.325 e. The maximum Gasteiger partial charge on any atom is 0.260 e. The number of carbonyl (C=O) groups is 1. The van der Waals surface area contributed by atoms with E-state index in [9.17, 15) is 9.59 Å². The molecule has 3 aromatic rings. The summed E-state index contributed by atoms with van der Waals surface area (Å²) >= 11 is 8.48. The van der Waals surface area contributed by atoms with Gasteiger partial charge < -0.3 is 10.3 Å². The number of hydrogen-bond donors (Lipinski definition) is 2. The van der Waals surface area contributed by atoms with Gasteiger partial charge in [-0.25, -0.2) is 4.98 Å². The van der Waals surface area contributed by atoms with Crippen molar-refractivity contribution < 1.29 is 4.79 Å². The highest BCUT2D eigenvalue weighted by molar-refractivity contribution is 7.99. The van der Waals surface area contributed by atoms with Crippen LogP contribution in [0.3, 0.4) is 0 Å². The van der Waals surface area contributed by atoms with Gasteiger partial charge in [0.2, 0.25) is 5.91 Å². The molecule has 23 heavy (non-hydrogen) atoms. The maximum atomic E-state index is 12.0. The zero-order valence-electron chi connectivity index (χ0n) is 12.1. The number of aromatic amines is 1. The molecule has 0 aliphatic carbocycles. The number of rotatable bonds is 4.